The van der Waals surface area contributed by atoms with Crippen LogP contribution in [0.3, 0.4) is 0 Å². The molecule has 1 nitrogen and oxygen atoms in total. The second-order valence-electron chi connectivity index (χ2n) is 3.19. The van der Waals surface area contributed by atoms with E-state index in [0.29, 0.717) is 0 Å². The third-order valence-electron chi connectivity index (χ3n) is 2.17. The van der Waals surface area contributed by atoms with Crippen molar-refractivity contribution in [3.63, 3.8) is 0 Å². The van der Waals surface area contributed by atoms with Crippen LogP contribution >= 0.6 is 11.8 Å². The minimum atomic E-state index is 0.993. The molecule has 0 unspecified atom stereocenters. The average Bonchev–Trinajstić information content (AvgIpc) is 2.40. The molecule has 0 aliphatic carbocycles. The zero-order valence-corrected chi connectivity index (χ0v) is 8.87. The maximum absolute atomic E-state index is 5.62. The Morgan fingerprint density at radius 1 is 1.23 bits per heavy atom. The maximum Gasteiger partial charge on any atom is 0.135 e. The summed E-state index contributed by atoms with van der Waals surface area (Å²) in [7, 11) is 0. The van der Waals surface area contributed by atoms with Crippen LogP contribution in [0.25, 0.3) is 11.0 Å². The van der Waals surface area contributed by atoms with Gasteiger partial charge in [-0.25, -0.2) is 0 Å². The van der Waals surface area contributed by atoms with Gasteiger partial charge in [0.05, 0.1) is 4.90 Å². The summed E-state index contributed by atoms with van der Waals surface area (Å²) in [6, 6.07) is 6.30. The molecule has 0 N–H and O–H groups in total. The van der Waals surface area contributed by atoms with E-state index >= 15 is 0 Å². The number of aryl methyl sites for hydroxylation is 2. The maximum atomic E-state index is 5.62. The molecule has 0 saturated heterocycles. The van der Waals surface area contributed by atoms with Gasteiger partial charge in [0, 0.05) is 5.39 Å². The van der Waals surface area contributed by atoms with Crippen LogP contribution in [0.2, 0.25) is 0 Å². The Morgan fingerprint density at radius 3 is 2.69 bits per heavy atom. The van der Waals surface area contributed by atoms with E-state index in [9.17, 15) is 0 Å². The predicted octanol–water partition coefficient (Wildman–Crippen LogP) is 3.77. The lowest BCUT2D eigenvalue weighted by Gasteiger charge is -1.94. The molecule has 1 aromatic carbocycles. The lowest BCUT2D eigenvalue weighted by atomic mass is 10.2. The molecule has 0 radical (unpaired) electrons. The fourth-order valence-corrected chi connectivity index (χ4v) is 2.27. The fourth-order valence-electron chi connectivity index (χ4n) is 1.56. The zero-order chi connectivity index (χ0) is 9.42. The van der Waals surface area contributed by atoms with Crippen LogP contribution < -0.4 is 0 Å². The Morgan fingerprint density at radius 2 is 2.00 bits per heavy atom. The Kier molecular flexibility index (Phi) is 2.08. The van der Waals surface area contributed by atoms with Gasteiger partial charge in [0.1, 0.15) is 11.3 Å². The third kappa shape index (κ3) is 1.35. The molecule has 0 aliphatic heterocycles. The van der Waals surface area contributed by atoms with Crippen molar-refractivity contribution in [3.8, 4) is 0 Å². The van der Waals surface area contributed by atoms with Gasteiger partial charge in [-0.3, -0.25) is 0 Å². The summed E-state index contributed by atoms with van der Waals surface area (Å²) in [6.07, 6.45) is 2.08. The fraction of sp³-hybridized carbons (Fsp3) is 0.273. The van der Waals surface area contributed by atoms with Crippen molar-refractivity contribution in [3.05, 3.63) is 29.5 Å². The van der Waals surface area contributed by atoms with E-state index in [1.807, 2.05) is 13.0 Å². The highest BCUT2D eigenvalue weighted by Gasteiger charge is 2.08. The first kappa shape index (κ1) is 8.70. The molecule has 0 bridgehead atoms. The number of hydrogen-bond donors (Lipinski definition) is 0. The van der Waals surface area contributed by atoms with Gasteiger partial charge in [-0.05, 0) is 32.2 Å². The predicted molar refractivity (Wildman–Crippen MR) is 57.5 cm³/mol. The quantitative estimate of drug-likeness (QED) is 0.638. The van der Waals surface area contributed by atoms with Crippen LogP contribution in [-0.2, 0) is 0 Å². The number of rotatable bonds is 1. The summed E-state index contributed by atoms with van der Waals surface area (Å²) >= 11 is 1.75. The molecule has 0 atom stereocenters. The lowest BCUT2D eigenvalue weighted by molar-refractivity contribution is 0.568. The first-order valence-electron chi connectivity index (χ1n) is 4.26. The van der Waals surface area contributed by atoms with E-state index in [4.69, 9.17) is 4.42 Å². The summed E-state index contributed by atoms with van der Waals surface area (Å²) in [5.41, 5.74) is 2.27. The van der Waals surface area contributed by atoms with E-state index in [1.165, 1.54) is 15.8 Å². The summed E-state index contributed by atoms with van der Waals surface area (Å²) in [6.45, 7) is 4.12. The van der Waals surface area contributed by atoms with Crippen molar-refractivity contribution in [2.75, 3.05) is 6.26 Å². The SMILES string of the molecule is CSc1c(C)oc2ccc(C)cc12. The molecule has 0 spiro atoms. The van der Waals surface area contributed by atoms with Gasteiger partial charge in [0.25, 0.3) is 0 Å². The third-order valence-corrected chi connectivity index (χ3v) is 3.08. The highest BCUT2D eigenvalue weighted by atomic mass is 32.2. The standard InChI is InChI=1S/C11H12OS/c1-7-4-5-10-9(6-7)11(13-3)8(2)12-10/h4-6H,1-3H3. The first-order chi connectivity index (χ1) is 6.22. The van der Waals surface area contributed by atoms with E-state index < -0.39 is 0 Å². The number of hydrogen-bond acceptors (Lipinski definition) is 2. The second-order valence-corrected chi connectivity index (χ2v) is 4.01. The van der Waals surface area contributed by atoms with Crippen molar-refractivity contribution in [2.24, 2.45) is 0 Å². The van der Waals surface area contributed by atoms with Crippen LogP contribution in [0.15, 0.2) is 27.5 Å². The molecule has 68 valence electrons. The summed E-state index contributed by atoms with van der Waals surface area (Å²) in [5, 5.41) is 1.24. The molecule has 0 aliphatic rings. The minimum absolute atomic E-state index is 0.993. The molecule has 13 heavy (non-hydrogen) atoms. The van der Waals surface area contributed by atoms with Crippen molar-refractivity contribution in [1.82, 2.24) is 0 Å². The molecule has 0 saturated carbocycles. The van der Waals surface area contributed by atoms with Gasteiger partial charge in [0.15, 0.2) is 0 Å². The Balaban J connectivity index is 2.80. The number of furan rings is 1. The Labute approximate surface area is 82.1 Å². The van der Waals surface area contributed by atoms with E-state index in [1.54, 1.807) is 11.8 Å². The van der Waals surface area contributed by atoms with Crippen molar-refractivity contribution < 1.29 is 4.42 Å². The molecule has 2 heteroatoms. The van der Waals surface area contributed by atoms with Gasteiger partial charge in [-0.2, -0.15) is 0 Å². The largest absolute Gasteiger partial charge is 0.460 e. The average molecular weight is 192 g/mol. The van der Waals surface area contributed by atoms with Gasteiger partial charge >= 0.3 is 0 Å². The number of fused-ring (bicyclic) bond motifs is 1. The molecule has 2 aromatic rings. The van der Waals surface area contributed by atoms with Crippen molar-refractivity contribution >= 4 is 22.7 Å². The minimum Gasteiger partial charge on any atom is -0.460 e. The van der Waals surface area contributed by atoms with Crippen LogP contribution in [-0.4, -0.2) is 6.26 Å². The summed E-state index contributed by atoms with van der Waals surface area (Å²) in [4.78, 5) is 1.26. The molecule has 2 rings (SSSR count). The van der Waals surface area contributed by atoms with Gasteiger partial charge in [0.2, 0.25) is 0 Å². The highest BCUT2D eigenvalue weighted by molar-refractivity contribution is 7.98. The Bertz CT molecular complexity index is 443. The van der Waals surface area contributed by atoms with Crippen molar-refractivity contribution in [2.45, 2.75) is 18.7 Å². The van der Waals surface area contributed by atoms with Gasteiger partial charge < -0.3 is 4.42 Å². The summed E-state index contributed by atoms with van der Waals surface area (Å²) < 4.78 is 5.62. The molecule has 0 amide bonds. The molecular weight excluding hydrogens is 180 g/mol. The van der Waals surface area contributed by atoms with E-state index in [0.717, 1.165) is 11.3 Å². The second kappa shape index (κ2) is 3.11. The molecule has 0 fully saturated rings. The first-order valence-corrected chi connectivity index (χ1v) is 5.48. The summed E-state index contributed by atoms with van der Waals surface area (Å²) in [5.74, 6) is 1.02. The van der Waals surface area contributed by atoms with E-state index in [-0.39, 0.29) is 0 Å². The van der Waals surface area contributed by atoms with Crippen LogP contribution in [0.5, 0.6) is 0 Å². The smallest absolute Gasteiger partial charge is 0.135 e. The number of thioether (sulfide) groups is 1. The monoisotopic (exact) mass is 192 g/mol. The van der Waals surface area contributed by atoms with Crippen LogP contribution in [0.1, 0.15) is 11.3 Å². The zero-order valence-electron chi connectivity index (χ0n) is 8.05. The van der Waals surface area contributed by atoms with Gasteiger partial charge in [-0.1, -0.05) is 11.6 Å². The van der Waals surface area contributed by atoms with Crippen molar-refractivity contribution in [1.29, 1.82) is 0 Å². The highest BCUT2D eigenvalue weighted by Crippen LogP contribution is 2.32. The van der Waals surface area contributed by atoms with Gasteiger partial charge in [-0.15, -0.1) is 11.8 Å². The lowest BCUT2D eigenvalue weighted by Crippen LogP contribution is -1.72. The molecule has 1 aromatic heterocycles. The number of benzene rings is 1. The molecule has 1 heterocycles. The topological polar surface area (TPSA) is 13.1 Å². The van der Waals surface area contributed by atoms with E-state index in [2.05, 4.69) is 25.3 Å². The molecular formula is C11H12OS. The van der Waals surface area contributed by atoms with Crippen LogP contribution in [0, 0.1) is 13.8 Å². The van der Waals surface area contributed by atoms with Crippen LogP contribution in [0.4, 0.5) is 0 Å². The normalized spacial score (nSPS) is 11.0. The Hall–Kier alpha value is -0.890.